The first kappa shape index (κ1) is 17.5. The molecule has 1 fully saturated rings. The third kappa shape index (κ3) is 3.83. The highest BCUT2D eigenvalue weighted by Gasteiger charge is 2.24. The molecule has 134 valence electrons. The Morgan fingerprint density at radius 2 is 1.96 bits per heavy atom. The first-order valence-electron chi connectivity index (χ1n) is 8.95. The van der Waals surface area contributed by atoms with Gasteiger partial charge in [-0.05, 0) is 37.8 Å². The van der Waals surface area contributed by atoms with Crippen molar-refractivity contribution in [3.05, 3.63) is 30.1 Å². The van der Waals surface area contributed by atoms with E-state index in [4.69, 9.17) is 0 Å². The zero-order valence-electron chi connectivity index (χ0n) is 15.2. The van der Waals surface area contributed by atoms with E-state index in [1.54, 1.807) is 0 Å². The smallest absolute Gasteiger partial charge is 0.242 e. The number of imidazole rings is 1. The van der Waals surface area contributed by atoms with Crippen LogP contribution in [0, 0.1) is 5.92 Å². The summed E-state index contributed by atoms with van der Waals surface area (Å²) in [5.41, 5.74) is 1.77. The maximum absolute atomic E-state index is 12.8. The van der Waals surface area contributed by atoms with Crippen LogP contribution in [0.2, 0.25) is 0 Å². The van der Waals surface area contributed by atoms with Gasteiger partial charge in [-0.2, -0.15) is 0 Å². The molecule has 1 atom stereocenters. The summed E-state index contributed by atoms with van der Waals surface area (Å²) in [7, 11) is 0. The lowest BCUT2D eigenvalue weighted by molar-refractivity contribution is -0.133. The summed E-state index contributed by atoms with van der Waals surface area (Å²) in [6.07, 6.45) is 2.12. The van der Waals surface area contributed by atoms with E-state index in [1.807, 2.05) is 40.7 Å². The molecule has 2 amide bonds. The maximum Gasteiger partial charge on any atom is 0.242 e. The highest BCUT2D eigenvalue weighted by atomic mass is 16.2. The lowest BCUT2D eigenvalue weighted by Gasteiger charge is -2.30. The Bertz CT molecular complexity index is 775. The first-order valence-corrected chi connectivity index (χ1v) is 8.95. The lowest BCUT2D eigenvalue weighted by atomic mass is 9.99. The maximum atomic E-state index is 12.8. The number of para-hydroxylation sites is 2. The molecule has 25 heavy (non-hydrogen) atoms. The van der Waals surface area contributed by atoms with E-state index < -0.39 is 0 Å². The molecule has 1 saturated heterocycles. The molecule has 0 bridgehead atoms. The van der Waals surface area contributed by atoms with E-state index in [0.29, 0.717) is 5.92 Å². The minimum absolute atomic E-state index is 0.109. The van der Waals surface area contributed by atoms with Gasteiger partial charge in [0.05, 0.1) is 17.1 Å². The summed E-state index contributed by atoms with van der Waals surface area (Å²) in [6, 6.07) is 7.53. The van der Waals surface area contributed by atoms with Gasteiger partial charge in [-0.3, -0.25) is 9.59 Å². The lowest BCUT2D eigenvalue weighted by Crippen LogP contribution is -2.40. The predicted molar refractivity (Wildman–Crippen MR) is 96.9 cm³/mol. The molecule has 1 aliphatic rings. The van der Waals surface area contributed by atoms with E-state index in [-0.39, 0.29) is 24.4 Å². The molecular weight excluding hydrogens is 316 g/mol. The Morgan fingerprint density at radius 1 is 1.28 bits per heavy atom. The fraction of sp³-hybridized carbons (Fsp3) is 0.526. The second-order valence-electron chi connectivity index (χ2n) is 7.03. The average Bonchev–Trinajstić information content (AvgIpc) is 2.94. The molecule has 3 rings (SSSR count). The molecule has 1 N–H and O–H groups in total. The highest BCUT2D eigenvalue weighted by molar-refractivity contribution is 5.81. The number of carbonyl (C=O) groups is 2. The van der Waals surface area contributed by atoms with E-state index >= 15 is 0 Å². The van der Waals surface area contributed by atoms with Gasteiger partial charge < -0.3 is 14.8 Å². The molecular formula is C19H26N4O2. The number of amides is 2. The highest BCUT2D eigenvalue weighted by Crippen LogP contribution is 2.22. The topological polar surface area (TPSA) is 67.2 Å². The molecule has 1 aromatic carbocycles. The van der Waals surface area contributed by atoms with Crippen LogP contribution in [0.4, 0.5) is 0 Å². The van der Waals surface area contributed by atoms with Crippen molar-refractivity contribution in [1.82, 2.24) is 19.8 Å². The summed E-state index contributed by atoms with van der Waals surface area (Å²) < 4.78 is 1.94. The molecule has 0 radical (unpaired) electrons. The van der Waals surface area contributed by atoms with Crippen LogP contribution < -0.4 is 5.32 Å². The van der Waals surface area contributed by atoms with Crippen molar-refractivity contribution >= 4 is 22.8 Å². The van der Waals surface area contributed by atoms with Gasteiger partial charge in [0.15, 0.2) is 0 Å². The number of piperidine rings is 1. The van der Waals surface area contributed by atoms with Crippen LogP contribution >= 0.6 is 0 Å². The van der Waals surface area contributed by atoms with Gasteiger partial charge >= 0.3 is 0 Å². The summed E-state index contributed by atoms with van der Waals surface area (Å²) in [5, 5.41) is 2.87. The van der Waals surface area contributed by atoms with Crippen LogP contribution in [0.25, 0.3) is 11.0 Å². The van der Waals surface area contributed by atoms with Gasteiger partial charge in [0.25, 0.3) is 0 Å². The first-order chi connectivity index (χ1) is 12.0. The molecule has 6 nitrogen and oxygen atoms in total. The number of benzene rings is 1. The van der Waals surface area contributed by atoms with Crippen LogP contribution in [0.5, 0.6) is 0 Å². The van der Waals surface area contributed by atoms with Gasteiger partial charge in [0, 0.05) is 20.0 Å². The second kappa shape index (κ2) is 7.25. The molecule has 1 unspecified atom stereocenters. The molecule has 0 aliphatic carbocycles. The van der Waals surface area contributed by atoms with Crippen molar-refractivity contribution in [2.45, 2.75) is 46.2 Å². The standard InChI is InChI=1S/C19H26N4O2/c1-13-8-10-22(11-9-13)18(25)12-23-17-7-5-4-6-16(17)21-19(23)14(2)20-15(3)24/h4-7,13-14H,8-12H2,1-3H3,(H,20,24). The molecule has 1 aromatic heterocycles. The Morgan fingerprint density at radius 3 is 2.64 bits per heavy atom. The summed E-state index contributed by atoms with van der Waals surface area (Å²) in [5.74, 6) is 1.41. The van der Waals surface area contributed by atoms with Crippen LogP contribution in [0.1, 0.15) is 45.5 Å². The van der Waals surface area contributed by atoms with Crippen molar-refractivity contribution in [3.63, 3.8) is 0 Å². The molecule has 0 saturated carbocycles. The fourth-order valence-electron chi connectivity index (χ4n) is 3.45. The van der Waals surface area contributed by atoms with Crippen LogP contribution in [0.15, 0.2) is 24.3 Å². The molecule has 0 spiro atoms. The van der Waals surface area contributed by atoms with E-state index in [1.165, 1.54) is 6.92 Å². The van der Waals surface area contributed by atoms with Gasteiger partial charge in [0.1, 0.15) is 12.4 Å². The van der Waals surface area contributed by atoms with Crippen LogP contribution in [-0.4, -0.2) is 39.4 Å². The van der Waals surface area contributed by atoms with Crippen molar-refractivity contribution in [2.75, 3.05) is 13.1 Å². The molecule has 2 heterocycles. The van der Waals surface area contributed by atoms with Crippen LogP contribution in [-0.2, 0) is 16.1 Å². The van der Waals surface area contributed by atoms with Gasteiger partial charge in [-0.1, -0.05) is 19.1 Å². The van der Waals surface area contributed by atoms with Crippen molar-refractivity contribution < 1.29 is 9.59 Å². The monoisotopic (exact) mass is 342 g/mol. The Hall–Kier alpha value is -2.37. The SMILES string of the molecule is CC(=O)NC(C)c1nc2ccccc2n1CC(=O)N1CCC(C)CC1. The predicted octanol–water partition coefficient (Wildman–Crippen LogP) is 2.49. The quantitative estimate of drug-likeness (QED) is 0.928. The number of hydrogen-bond donors (Lipinski definition) is 1. The minimum atomic E-state index is -0.251. The largest absolute Gasteiger partial charge is 0.347 e. The van der Waals surface area contributed by atoms with Crippen LogP contribution in [0.3, 0.4) is 0 Å². The number of likely N-dealkylation sites (tertiary alicyclic amines) is 1. The summed E-state index contributed by atoms with van der Waals surface area (Å²) >= 11 is 0. The van der Waals surface area contributed by atoms with E-state index in [9.17, 15) is 9.59 Å². The van der Waals surface area contributed by atoms with E-state index in [2.05, 4.69) is 17.2 Å². The number of nitrogens with zero attached hydrogens (tertiary/aromatic N) is 3. The van der Waals surface area contributed by atoms with E-state index in [0.717, 1.165) is 42.8 Å². The van der Waals surface area contributed by atoms with Gasteiger partial charge in [0.2, 0.25) is 11.8 Å². The third-order valence-electron chi connectivity index (χ3n) is 4.92. The number of nitrogens with one attached hydrogen (secondary N) is 1. The fourth-order valence-corrected chi connectivity index (χ4v) is 3.45. The molecule has 1 aliphatic heterocycles. The summed E-state index contributed by atoms with van der Waals surface area (Å²) in [6.45, 7) is 7.52. The van der Waals surface area contributed by atoms with Crippen molar-refractivity contribution in [1.29, 1.82) is 0 Å². The number of hydrogen-bond acceptors (Lipinski definition) is 3. The summed E-state index contributed by atoms with van der Waals surface area (Å²) in [4.78, 5) is 30.8. The normalized spacial score (nSPS) is 16.8. The van der Waals surface area contributed by atoms with Crippen molar-refractivity contribution in [3.8, 4) is 0 Å². The number of fused-ring (bicyclic) bond motifs is 1. The minimum Gasteiger partial charge on any atom is -0.347 e. The zero-order chi connectivity index (χ0) is 18.0. The number of rotatable bonds is 4. The van der Waals surface area contributed by atoms with Gasteiger partial charge in [-0.15, -0.1) is 0 Å². The van der Waals surface area contributed by atoms with Crippen molar-refractivity contribution in [2.24, 2.45) is 5.92 Å². The zero-order valence-corrected chi connectivity index (χ0v) is 15.2. The Labute approximate surface area is 148 Å². The molecule has 6 heteroatoms. The average molecular weight is 342 g/mol. The van der Waals surface area contributed by atoms with Gasteiger partial charge in [-0.25, -0.2) is 4.98 Å². The number of carbonyl (C=O) groups excluding carboxylic acids is 2. The Kier molecular flexibility index (Phi) is 5.06. The second-order valence-corrected chi connectivity index (χ2v) is 7.03. The molecule has 2 aromatic rings. The Balaban J connectivity index is 1.88. The number of aromatic nitrogens is 2. The third-order valence-corrected chi connectivity index (χ3v) is 4.92.